The highest BCUT2D eigenvalue weighted by atomic mass is 32.2. The Morgan fingerprint density at radius 2 is 2.03 bits per heavy atom. The molecule has 0 unspecified atom stereocenters. The van der Waals surface area contributed by atoms with E-state index in [0.29, 0.717) is 5.69 Å². The lowest BCUT2D eigenvalue weighted by Gasteiger charge is -2.09. The van der Waals surface area contributed by atoms with Gasteiger partial charge in [0.15, 0.2) is 0 Å². The number of hydrogen-bond donors (Lipinski definition) is 1. The minimum absolute atomic E-state index is 0.00103. The molecule has 8 nitrogen and oxygen atoms in total. The monoisotopic (exact) mass is 427 g/mol. The molecule has 1 amide bonds. The van der Waals surface area contributed by atoms with Gasteiger partial charge in [-0.05, 0) is 55.3 Å². The number of amides is 1. The van der Waals surface area contributed by atoms with Crippen LogP contribution in [0, 0.1) is 25.2 Å². The largest absolute Gasteiger partial charge is 0.317 e. The van der Waals surface area contributed by atoms with Crippen molar-refractivity contribution in [2.24, 2.45) is 0 Å². The van der Waals surface area contributed by atoms with E-state index in [9.17, 15) is 18.5 Å². The van der Waals surface area contributed by atoms with Crippen LogP contribution in [-0.4, -0.2) is 34.5 Å². The van der Waals surface area contributed by atoms with Crippen molar-refractivity contribution >= 4 is 38.5 Å². The summed E-state index contributed by atoms with van der Waals surface area (Å²) in [5, 5.41) is 11.5. The molecule has 10 heteroatoms. The zero-order valence-electron chi connectivity index (χ0n) is 15.9. The minimum atomic E-state index is -3.57. The lowest BCUT2D eigenvalue weighted by molar-refractivity contribution is -0.112. The van der Waals surface area contributed by atoms with E-state index < -0.39 is 15.7 Å². The molecule has 0 fully saturated rings. The van der Waals surface area contributed by atoms with Gasteiger partial charge >= 0.3 is 0 Å². The number of aryl methyl sites for hydroxylation is 2. The van der Waals surface area contributed by atoms with Crippen molar-refractivity contribution in [3.63, 3.8) is 0 Å². The van der Waals surface area contributed by atoms with E-state index in [2.05, 4.69) is 14.7 Å². The lowest BCUT2D eigenvalue weighted by atomic mass is 10.1. The normalized spacial score (nSPS) is 11.9. The number of nitrogens with one attached hydrogen (secondary N) is 1. The summed E-state index contributed by atoms with van der Waals surface area (Å²) in [5.74, 6) is -0.698. The Hall–Kier alpha value is -3.29. The van der Waals surface area contributed by atoms with Crippen LogP contribution in [0.3, 0.4) is 0 Å². The number of carbonyl (C=O) groups excluding carboxylic acids is 1. The molecular weight excluding hydrogens is 410 g/mol. The van der Waals surface area contributed by atoms with Crippen molar-refractivity contribution in [2.75, 3.05) is 11.6 Å². The van der Waals surface area contributed by atoms with E-state index in [4.69, 9.17) is 0 Å². The van der Waals surface area contributed by atoms with Gasteiger partial charge in [-0.2, -0.15) is 14.6 Å². The maximum atomic E-state index is 12.5. The molecule has 3 rings (SSSR count). The maximum absolute atomic E-state index is 12.5. The summed E-state index contributed by atoms with van der Waals surface area (Å²) in [7, 11) is -3.57. The van der Waals surface area contributed by atoms with Crippen molar-refractivity contribution in [1.29, 1.82) is 5.26 Å². The highest BCUT2D eigenvalue weighted by molar-refractivity contribution is 7.90. The van der Waals surface area contributed by atoms with Crippen LogP contribution >= 0.6 is 11.5 Å². The van der Waals surface area contributed by atoms with Crippen LogP contribution < -0.4 is 5.32 Å². The molecule has 1 aromatic carbocycles. The first-order chi connectivity index (χ1) is 13.7. The zero-order valence-corrected chi connectivity index (χ0v) is 17.5. The van der Waals surface area contributed by atoms with E-state index in [-0.39, 0.29) is 15.9 Å². The second-order valence-electron chi connectivity index (χ2n) is 6.35. The molecule has 1 N–H and O–H groups in total. The van der Waals surface area contributed by atoms with Crippen LogP contribution in [0.5, 0.6) is 0 Å². The molecule has 148 valence electrons. The first-order valence-corrected chi connectivity index (χ1v) is 11.1. The smallest absolute Gasteiger partial charge is 0.268 e. The third-order valence-corrected chi connectivity index (χ3v) is 5.76. The Kier molecular flexibility index (Phi) is 5.63. The van der Waals surface area contributed by atoms with Crippen LogP contribution in [-0.2, 0) is 14.6 Å². The molecule has 0 spiro atoms. The molecule has 29 heavy (non-hydrogen) atoms. The van der Waals surface area contributed by atoms with Gasteiger partial charge in [-0.25, -0.2) is 8.42 Å². The van der Waals surface area contributed by atoms with E-state index in [1.165, 1.54) is 11.6 Å². The van der Waals surface area contributed by atoms with Gasteiger partial charge in [-0.3, -0.25) is 10.1 Å². The fourth-order valence-electron chi connectivity index (χ4n) is 2.49. The van der Waals surface area contributed by atoms with Crippen LogP contribution in [0.25, 0.3) is 11.8 Å². The van der Waals surface area contributed by atoms with Crippen molar-refractivity contribution < 1.29 is 13.2 Å². The third-order valence-electron chi connectivity index (χ3n) is 4.17. The average Bonchev–Trinajstić information content (AvgIpc) is 3.31. The molecule has 0 aliphatic carbocycles. The number of nitriles is 1. The Morgan fingerprint density at radius 1 is 1.28 bits per heavy atom. The summed E-state index contributed by atoms with van der Waals surface area (Å²) in [6.07, 6.45) is 4.28. The van der Waals surface area contributed by atoms with E-state index in [1.54, 1.807) is 6.07 Å². The number of carbonyl (C=O) groups is 1. The number of hydrogen-bond acceptors (Lipinski definition) is 7. The number of nitrogens with zero attached hydrogens (tertiary/aromatic N) is 4. The predicted octanol–water partition coefficient (Wildman–Crippen LogP) is 2.89. The van der Waals surface area contributed by atoms with Gasteiger partial charge in [-0.1, -0.05) is 6.07 Å². The van der Waals surface area contributed by atoms with E-state index in [1.807, 2.05) is 54.9 Å². The molecular formula is C19H17N5O3S2. The second kappa shape index (κ2) is 7.98. The number of benzene rings is 1. The van der Waals surface area contributed by atoms with Crippen molar-refractivity contribution in [3.05, 3.63) is 58.9 Å². The number of sulfone groups is 1. The summed E-state index contributed by atoms with van der Waals surface area (Å²) in [6, 6.07) is 11.5. The highest BCUT2D eigenvalue weighted by Crippen LogP contribution is 2.20. The van der Waals surface area contributed by atoms with Gasteiger partial charge in [0.1, 0.15) is 11.6 Å². The van der Waals surface area contributed by atoms with Crippen molar-refractivity contribution in [2.45, 2.75) is 19.0 Å². The Balaban J connectivity index is 1.88. The zero-order chi connectivity index (χ0) is 21.2. The number of anilines is 1. The van der Waals surface area contributed by atoms with Gasteiger partial charge < -0.3 is 4.57 Å². The number of rotatable bonds is 5. The molecule has 0 atom stereocenters. The first kappa shape index (κ1) is 20.4. The Bertz CT molecular complexity index is 1260. The van der Waals surface area contributed by atoms with Gasteiger partial charge in [0.05, 0.1) is 0 Å². The molecule has 0 aliphatic rings. The van der Waals surface area contributed by atoms with Crippen LogP contribution in [0.15, 0.2) is 47.3 Å². The minimum Gasteiger partial charge on any atom is -0.317 e. The fraction of sp³-hybridized carbons (Fsp3) is 0.158. The Labute approximate surface area is 172 Å². The SMILES string of the molecule is Cc1ccc(-n2cccc2/C=C(/C#N)C(=O)Nc2nc(S(C)(=O)=O)ns2)cc1C. The maximum Gasteiger partial charge on any atom is 0.268 e. The van der Waals surface area contributed by atoms with Gasteiger partial charge in [0, 0.05) is 35.4 Å². The second-order valence-corrected chi connectivity index (χ2v) is 9.01. The topological polar surface area (TPSA) is 118 Å². The highest BCUT2D eigenvalue weighted by Gasteiger charge is 2.18. The van der Waals surface area contributed by atoms with Crippen molar-refractivity contribution in [3.8, 4) is 11.8 Å². The average molecular weight is 428 g/mol. The van der Waals surface area contributed by atoms with Crippen LogP contribution in [0.4, 0.5) is 5.13 Å². The lowest BCUT2D eigenvalue weighted by Crippen LogP contribution is -2.14. The standard InChI is InChI=1S/C19H17N5O3S2/c1-12-6-7-16(9-13(12)2)24-8-4-5-15(24)10-14(11-20)17(25)21-18-22-19(23-28-18)29(3,26)27/h4-10H,1-3H3,(H,21,22,23,25)/b14-10-. The molecule has 2 heterocycles. The van der Waals surface area contributed by atoms with E-state index in [0.717, 1.165) is 29.0 Å². The molecule has 2 aromatic heterocycles. The van der Waals surface area contributed by atoms with Crippen LogP contribution in [0.1, 0.15) is 16.8 Å². The molecule has 3 aromatic rings. The van der Waals surface area contributed by atoms with Crippen molar-refractivity contribution in [1.82, 2.24) is 13.9 Å². The summed E-state index contributed by atoms with van der Waals surface area (Å²) < 4.78 is 28.5. The molecule has 0 bridgehead atoms. The van der Waals surface area contributed by atoms with E-state index >= 15 is 0 Å². The summed E-state index contributed by atoms with van der Waals surface area (Å²) in [6.45, 7) is 4.04. The molecule has 0 saturated carbocycles. The first-order valence-electron chi connectivity index (χ1n) is 8.41. The fourth-order valence-corrected chi connectivity index (χ4v) is 3.93. The van der Waals surface area contributed by atoms with Crippen LogP contribution in [0.2, 0.25) is 0 Å². The molecule has 0 saturated heterocycles. The summed E-state index contributed by atoms with van der Waals surface area (Å²) in [4.78, 5) is 16.2. The van der Waals surface area contributed by atoms with Gasteiger partial charge in [0.2, 0.25) is 15.0 Å². The van der Waals surface area contributed by atoms with Gasteiger partial charge in [0.25, 0.3) is 11.1 Å². The molecule has 0 aliphatic heterocycles. The van der Waals surface area contributed by atoms with Gasteiger partial charge in [-0.15, -0.1) is 0 Å². The summed E-state index contributed by atoms with van der Waals surface area (Å²) in [5.41, 5.74) is 3.70. The Morgan fingerprint density at radius 3 is 2.66 bits per heavy atom. The summed E-state index contributed by atoms with van der Waals surface area (Å²) >= 11 is 0.729. The quantitative estimate of drug-likeness (QED) is 0.494. The number of aromatic nitrogens is 3. The predicted molar refractivity (Wildman–Crippen MR) is 110 cm³/mol. The molecule has 0 radical (unpaired) electrons. The third kappa shape index (κ3) is 4.59.